The summed E-state index contributed by atoms with van der Waals surface area (Å²) in [4.78, 5) is 18.7. The van der Waals surface area contributed by atoms with Gasteiger partial charge in [-0.15, -0.1) is 11.3 Å². The number of rotatable bonds is 4. The lowest BCUT2D eigenvalue weighted by Gasteiger charge is -2.36. The number of aromatic nitrogens is 1. The number of aryl methyl sites for hydroxylation is 1. The Balaban J connectivity index is 1.95. The van der Waals surface area contributed by atoms with E-state index in [0.29, 0.717) is 6.42 Å². The van der Waals surface area contributed by atoms with Crippen molar-refractivity contribution >= 4 is 17.4 Å². The number of hydrogen-bond acceptors (Lipinski definition) is 4. The van der Waals surface area contributed by atoms with Gasteiger partial charge in [-0.3, -0.25) is 0 Å². The van der Waals surface area contributed by atoms with Crippen LogP contribution in [0.3, 0.4) is 0 Å². The number of amides is 2. The number of urea groups is 1. The van der Waals surface area contributed by atoms with E-state index in [2.05, 4.69) is 10.3 Å². The molecule has 0 saturated carbocycles. The average Bonchev–Trinajstić information content (AvgIpc) is 2.86. The summed E-state index contributed by atoms with van der Waals surface area (Å²) in [5.41, 5.74) is 0.988. The van der Waals surface area contributed by atoms with Crippen molar-refractivity contribution in [2.45, 2.75) is 51.6 Å². The van der Waals surface area contributed by atoms with E-state index in [9.17, 15) is 4.79 Å². The second-order valence-electron chi connectivity index (χ2n) is 5.35. The van der Waals surface area contributed by atoms with E-state index in [1.807, 2.05) is 24.1 Å². The molecule has 112 valence electrons. The van der Waals surface area contributed by atoms with E-state index in [0.717, 1.165) is 36.5 Å². The third-order valence-electron chi connectivity index (χ3n) is 3.70. The van der Waals surface area contributed by atoms with E-state index >= 15 is 0 Å². The molecule has 1 saturated heterocycles. The van der Waals surface area contributed by atoms with Crippen LogP contribution in [0, 0.1) is 6.92 Å². The lowest BCUT2D eigenvalue weighted by Crippen LogP contribution is -2.49. The summed E-state index contributed by atoms with van der Waals surface area (Å²) in [5.74, 6) is 0. The maximum Gasteiger partial charge on any atom is 0.318 e. The van der Waals surface area contributed by atoms with Crippen LogP contribution in [0.4, 0.5) is 4.79 Å². The van der Waals surface area contributed by atoms with E-state index in [4.69, 9.17) is 5.11 Å². The predicted molar refractivity (Wildman–Crippen MR) is 79.8 cm³/mol. The third-order valence-corrected chi connectivity index (χ3v) is 4.84. The Kier molecular flexibility index (Phi) is 5.37. The Morgan fingerprint density at radius 1 is 1.65 bits per heavy atom. The molecule has 0 aliphatic carbocycles. The quantitative estimate of drug-likeness (QED) is 0.897. The average molecular weight is 297 g/mol. The number of nitrogens with one attached hydrogen (secondary N) is 1. The van der Waals surface area contributed by atoms with Gasteiger partial charge in [0.25, 0.3) is 0 Å². The fraction of sp³-hybridized carbons (Fsp3) is 0.714. The first-order valence-electron chi connectivity index (χ1n) is 7.22. The number of nitrogens with zero attached hydrogens (tertiary/aromatic N) is 2. The normalized spacial score (nSPS) is 20.8. The molecule has 2 amide bonds. The number of aliphatic hydroxyl groups is 1. The van der Waals surface area contributed by atoms with Crippen LogP contribution < -0.4 is 5.32 Å². The van der Waals surface area contributed by atoms with Gasteiger partial charge in [0, 0.05) is 30.3 Å². The van der Waals surface area contributed by atoms with E-state index in [1.54, 1.807) is 11.3 Å². The smallest absolute Gasteiger partial charge is 0.318 e. The van der Waals surface area contributed by atoms with Crippen molar-refractivity contribution in [3.05, 3.63) is 16.1 Å². The lowest BCUT2D eigenvalue weighted by molar-refractivity contribution is 0.130. The fourth-order valence-electron chi connectivity index (χ4n) is 2.62. The van der Waals surface area contributed by atoms with Crippen molar-refractivity contribution in [1.82, 2.24) is 15.2 Å². The van der Waals surface area contributed by atoms with E-state index in [1.165, 1.54) is 0 Å². The van der Waals surface area contributed by atoms with Crippen molar-refractivity contribution in [1.29, 1.82) is 0 Å². The minimum Gasteiger partial charge on any atom is -0.396 e. The molecule has 20 heavy (non-hydrogen) atoms. The molecule has 2 atom stereocenters. The number of hydrogen-bond donors (Lipinski definition) is 2. The molecule has 0 spiro atoms. The molecule has 5 nitrogen and oxygen atoms in total. The minimum atomic E-state index is -0.0714. The second-order valence-corrected chi connectivity index (χ2v) is 6.24. The molecule has 0 radical (unpaired) electrons. The fourth-order valence-corrected chi connectivity index (χ4v) is 3.42. The van der Waals surface area contributed by atoms with Crippen molar-refractivity contribution in [3.8, 4) is 0 Å². The highest BCUT2D eigenvalue weighted by atomic mass is 32.1. The number of carbonyl (C=O) groups excluding carboxylic acids is 1. The Morgan fingerprint density at radius 3 is 3.10 bits per heavy atom. The van der Waals surface area contributed by atoms with Gasteiger partial charge in [-0.25, -0.2) is 9.78 Å². The Labute approximate surface area is 124 Å². The molecule has 2 unspecified atom stereocenters. The van der Waals surface area contributed by atoms with Gasteiger partial charge in [0.05, 0.1) is 6.04 Å². The van der Waals surface area contributed by atoms with Crippen molar-refractivity contribution in [2.24, 2.45) is 0 Å². The number of aliphatic hydroxyl groups excluding tert-OH is 1. The van der Waals surface area contributed by atoms with Crippen LogP contribution in [0.1, 0.15) is 49.4 Å². The Morgan fingerprint density at radius 2 is 2.45 bits per heavy atom. The molecule has 1 aromatic heterocycles. The van der Waals surface area contributed by atoms with Gasteiger partial charge in [0.2, 0.25) is 0 Å². The molecule has 1 aliphatic rings. The first-order valence-corrected chi connectivity index (χ1v) is 8.09. The van der Waals surface area contributed by atoms with Crippen LogP contribution in [-0.2, 0) is 0 Å². The Hall–Kier alpha value is -1.14. The molecular weight excluding hydrogens is 274 g/mol. The summed E-state index contributed by atoms with van der Waals surface area (Å²) in [5, 5.41) is 15.1. The van der Waals surface area contributed by atoms with Crippen LogP contribution in [-0.4, -0.2) is 40.2 Å². The van der Waals surface area contributed by atoms with Crippen LogP contribution in [0.2, 0.25) is 0 Å². The van der Waals surface area contributed by atoms with Gasteiger partial charge in [0.15, 0.2) is 0 Å². The SMILES string of the molecule is Cc1csc(C(C)NC(=O)N2CCCCC2CCO)n1. The highest BCUT2D eigenvalue weighted by molar-refractivity contribution is 7.09. The molecular formula is C14H23N3O2S. The third kappa shape index (κ3) is 3.70. The summed E-state index contributed by atoms with van der Waals surface area (Å²) in [6, 6.07) is 0.0559. The summed E-state index contributed by atoms with van der Waals surface area (Å²) in [6.45, 7) is 4.83. The summed E-state index contributed by atoms with van der Waals surface area (Å²) in [6.07, 6.45) is 3.83. The van der Waals surface area contributed by atoms with Gasteiger partial charge in [-0.1, -0.05) is 0 Å². The number of piperidine rings is 1. The Bertz CT molecular complexity index is 447. The lowest BCUT2D eigenvalue weighted by atomic mass is 10.00. The van der Waals surface area contributed by atoms with Crippen molar-refractivity contribution in [3.63, 3.8) is 0 Å². The van der Waals surface area contributed by atoms with Crippen LogP contribution in [0.25, 0.3) is 0 Å². The molecule has 1 aliphatic heterocycles. The summed E-state index contributed by atoms with van der Waals surface area (Å²) < 4.78 is 0. The van der Waals surface area contributed by atoms with Crippen LogP contribution in [0.5, 0.6) is 0 Å². The molecule has 2 rings (SSSR count). The minimum absolute atomic E-state index is 0.0384. The predicted octanol–water partition coefficient (Wildman–Crippen LogP) is 2.46. The molecule has 0 bridgehead atoms. The van der Waals surface area contributed by atoms with Crippen LogP contribution >= 0.6 is 11.3 Å². The monoisotopic (exact) mass is 297 g/mol. The van der Waals surface area contributed by atoms with Crippen molar-refractivity contribution < 1.29 is 9.90 Å². The number of likely N-dealkylation sites (tertiary alicyclic amines) is 1. The highest BCUT2D eigenvalue weighted by Gasteiger charge is 2.27. The van der Waals surface area contributed by atoms with Gasteiger partial charge in [0.1, 0.15) is 5.01 Å². The van der Waals surface area contributed by atoms with Gasteiger partial charge < -0.3 is 15.3 Å². The largest absolute Gasteiger partial charge is 0.396 e. The molecule has 2 heterocycles. The zero-order valence-electron chi connectivity index (χ0n) is 12.1. The summed E-state index contributed by atoms with van der Waals surface area (Å²) >= 11 is 1.57. The second kappa shape index (κ2) is 7.04. The molecule has 1 fully saturated rings. The highest BCUT2D eigenvalue weighted by Crippen LogP contribution is 2.22. The zero-order chi connectivity index (χ0) is 14.5. The maximum atomic E-state index is 12.4. The maximum absolute atomic E-state index is 12.4. The summed E-state index contributed by atoms with van der Waals surface area (Å²) in [7, 11) is 0. The zero-order valence-corrected chi connectivity index (χ0v) is 12.9. The van der Waals surface area contributed by atoms with Crippen molar-refractivity contribution in [2.75, 3.05) is 13.2 Å². The molecule has 6 heteroatoms. The van der Waals surface area contributed by atoms with Gasteiger partial charge in [-0.2, -0.15) is 0 Å². The van der Waals surface area contributed by atoms with E-state index in [-0.39, 0.29) is 24.7 Å². The van der Waals surface area contributed by atoms with E-state index < -0.39 is 0 Å². The van der Waals surface area contributed by atoms with Crippen LogP contribution in [0.15, 0.2) is 5.38 Å². The first-order chi connectivity index (χ1) is 9.61. The standard InChI is InChI=1S/C14H23N3O2S/c1-10-9-20-13(15-10)11(2)16-14(19)17-7-4-3-5-12(17)6-8-18/h9,11-12,18H,3-8H2,1-2H3,(H,16,19). The van der Waals surface area contributed by atoms with Gasteiger partial charge in [-0.05, 0) is 39.5 Å². The topological polar surface area (TPSA) is 65.5 Å². The molecule has 1 aromatic rings. The van der Waals surface area contributed by atoms with Gasteiger partial charge >= 0.3 is 6.03 Å². The number of thiazole rings is 1. The molecule has 2 N–H and O–H groups in total. The first kappa shape index (κ1) is 15.3. The number of carbonyl (C=O) groups is 1. The molecule has 0 aromatic carbocycles.